The summed E-state index contributed by atoms with van der Waals surface area (Å²) in [7, 11) is -0.836. The van der Waals surface area contributed by atoms with Crippen LogP contribution in [-0.4, -0.2) is 67.8 Å². The molecule has 2 saturated carbocycles. The molecule has 0 spiro atoms. The van der Waals surface area contributed by atoms with Gasteiger partial charge in [-0.2, -0.15) is 0 Å². The Morgan fingerprint density at radius 3 is 2.40 bits per heavy atom. The molecule has 3 fully saturated rings. The molecule has 1 aliphatic heterocycles. The number of likely N-dealkylation sites (N-methyl/N-ethyl adjacent to an activating group) is 1. The highest BCUT2D eigenvalue weighted by atomic mass is 32.2. The minimum atomic E-state index is -2.84. The van der Waals surface area contributed by atoms with Gasteiger partial charge in [-0.15, -0.1) is 0 Å². The van der Waals surface area contributed by atoms with Crippen molar-refractivity contribution in [3.05, 3.63) is 0 Å². The summed E-state index contributed by atoms with van der Waals surface area (Å²) in [4.78, 5) is 2.16. The number of hydrogen-bond donors (Lipinski definition) is 2. The molecule has 116 valence electrons. The van der Waals surface area contributed by atoms with Gasteiger partial charge in [0.2, 0.25) is 0 Å². The Labute approximate surface area is 121 Å². The molecule has 1 heterocycles. The van der Waals surface area contributed by atoms with Gasteiger partial charge in [-0.3, -0.25) is 0 Å². The number of hydrogen-bond acceptors (Lipinski definition) is 5. The SMILES string of the molecule is CN(CC(CO)(NC1CC1)C1CC1)C1CCS(=O)(=O)C1. The van der Waals surface area contributed by atoms with Crippen molar-refractivity contribution in [1.82, 2.24) is 10.2 Å². The quantitative estimate of drug-likeness (QED) is 0.693. The second-order valence-electron chi connectivity index (χ2n) is 6.98. The Kier molecular flexibility index (Phi) is 3.86. The third kappa shape index (κ3) is 3.18. The van der Waals surface area contributed by atoms with E-state index in [1.165, 1.54) is 25.7 Å². The predicted molar refractivity (Wildman–Crippen MR) is 78.4 cm³/mol. The van der Waals surface area contributed by atoms with Crippen LogP contribution in [0.1, 0.15) is 32.1 Å². The van der Waals surface area contributed by atoms with Gasteiger partial charge in [0.15, 0.2) is 9.84 Å². The zero-order chi connectivity index (χ0) is 14.4. The van der Waals surface area contributed by atoms with Crippen LogP contribution in [0.5, 0.6) is 0 Å². The average molecular weight is 302 g/mol. The van der Waals surface area contributed by atoms with Crippen molar-refractivity contribution < 1.29 is 13.5 Å². The van der Waals surface area contributed by atoms with E-state index in [9.17, 15) is 13.5 Å². The van der Waals surface area contributed by atoms with E-state index in [0.29, 0.717) is 17.7 Å². The maximum Gasteiger partial charge on any atom is 0.151 e. The zero-order valence-electron chi connectivity index (χ0n) is 12.2. The second-order valence-corrected chi connectivity index (χ2v) is 9.21. The van der Waals surface area contributed by atoms with Crippen LogP contribution in [0.3, 0.4) is 0 Å². The van der Waals surface area contributed by atoms with Crippen LogP contribution in [0.25, 0.3) is 0 Å². The number of nitrogens with one attached hydrogen (secondary N) is 1. The van der Waals surface area contributed by atoms with Crippen molar-refractivity contribution >= 4 is 9.84 Å². The van der Waals surface area contributed by atoms with Crippen LogP contribution in [0.15, 0.2) is 0 Å². The molecule has 0 radical (unpaired) electrons. The normalized spacial score (nSPS) is 32.5. The molecule has 2 atom stereocenters. The van der Waals surface area contributed by atoms with Crippen molar-refractivity contribution in [2.75, 3.05) is 31.7 Å². The average Bonchev–Trinajstić information content (AvgIpc) is 3.27. The van der Waals surface area contributed by atoms with E-state index in [0.717, 1.165) is 13.0 Å². The maximum atomic E-state index is 11.6. The number of aliphatic hydroxyl groups is 1. The van der Waals surface area contributed by atoms with Gasteiger partial charge in [0.1, 0.15) is 0 Å². The summed E-state index contributed by atoms with van der Waals surface area (Å²) in [5.74, 6) is 1.14. The third-order valence-electron chi connectivity index (χ3n) is 5.07. The molecule has 0 aromatic rings. The van der Waals surface area contributed by atoms with E-state index in [2.05, 4.69) is 10.2 Å². The first-order valence-electron chi connectivity index (χ1n) is 7.73. The van der Waals surface area contributed by atoms with E-state index in [-0.39, 0.29) is 23.9 Å². The monoisotopic (exact) mass is 302 g/mol. The van der Waals surface area contributed by atoms with Gasteiger partial charge in [-0.05, 0) is 45.1 Å². The summed E-state index contributed by atoms with van der Waals surface area (Å²) in [5, 5.41) is 13.6. The van der Waals surface area contributed by atoms with Crippen molar-refractivity contribution in [2.24, 2.45) is 5.92 Å². The summed E-state index contributed by atoms with van der Waals surface area (Å²) in [6.07, 6.45) is 5.49. The third-order valence-corrected chi connectivity index (χ3v) is 6.82. The van der Waals surface area contributed by atoms with E-state index in [4.69, 9.17) is 0 Å². The van der Waals surface area contributed by atoms with Gasteiger partial charge in [-0.1, -0.05) is 0 Å². The molecule has 1 saturated heterocycles. The second kappa shape index (κ2) is 5.23. The van der Waals surface area contributed by atoms with Crippen molar-refractivity contribution in [1.29, 1.82) is 0 Å². The molecule has 0 aromatic carbocycles. The molecule has 0 amide bonds. The first-order valence-corrected chi connectivity index (χ1v) is 9.55. The molecular weight excluding hydrogens is 276 g/mol. The molecule has 6 heteroatoms. The Morgan fingerprint density at radius 1 is 1.25 bits per heavy atom. The smallest absolute Gasteiger partial charge is 0.151 e. The summed E-state index contributed by atoms with van der Waals surface area (Å²) in [5.41, 5.74) is -0.220. The maximum absolute atomic E-state index is 11.6. The molecule has 20 heavy (non-hydrogen) atoms. The summed E-state index contributed by atoms with van der Waals surface area (Å²) in [6, 6.07) is 0.675. The standard InChI is InChI=1S/C14H26N2O3S/c1-16(13-6-7-20(18,19)8-13)9-14(10-17,11-2-3-11)15-12-4-5-12/h11-13,15,17H,2-10H2,1H3. The highest BCUT2D eigenvalue weighted by Gasteiger charge is 2.48. The van der Waals surface area contributed by atoms with E-state index in [1.54, 1.807) is 0 Å². The zero-order valence-corrected chi connectivity index (χ0v) is 13.0. The number of aliphatic hydroxyl groups excluding tert-OH is 1. The molecule has 3 aliphatic rings. The van der Waals surface area contributed by atoms with E-state index in [1.807, 2.05) is 7.05 Å². The van der Waals surface area contributed by atoms with E-state index >= 15 is 0 Å². The number of sulfone groups is 1. The summed E-state index contributed by atoms with van der Waals surface area (Å²) in [6.45, 7) is 0.906. The fourth-order valence-electron chi connectivity index (χ4n) is 3.48. The lowest BCUT2D eigenvalue weighted by Crippen LogP contribution is -2.59. The molecule has 5 nitrogen and oxygen atoms in total. The highest BCUT2D eigenvalue weighted by Crippen LogP contribution is 2.42. The van der Waals surface area contributed by atoms with Gasteiger partial charge in [0, 0.05) is 18.6 Å². The fourth-order valence-corrected chi connectivity index (χ4v) is 5.29. The first-order chi connectivity index (χ1) is 9.44. The largest absolute Gasteiger partial charge is 0.394 e. The van der Waals surface area contributed by atoms with Crippen LogP contribution in [0.2, 0.25) is 0 Å². The lowest BCUT2D eigenvalue weighted by Gasteiger charge is -2.39. The Bertz CT molecular complexity index is 459. The lowest BCUT2D eigenvalue weighted by molar-refractivity contribution is 0.0862. The van der Waals surface area contributed by atoms with Crippen molar-refractivity contribution in [3.8, 4) is 0 Å². The van der Waals surface area contributed by atoms with Gasteiger partial charge in [0.25, 0.3) is 0 Å². The molecule has 2 aliphatic carbocycles. The van der Waals surface area contributed by atoms with Crippen LogP contribution >= 0.6 is 0 Å². The van der Waals surface area contributed by atoms with Crippen molar-refractivity contribution in [3.63, 3.8) is 0 Å². The van der Waals surface area contributed by atoms with Crippen LogP contribution in [0, 0.1) is 5.92 Å². The molecule has 0 aromatic heterocycles. The van der Waals surface area contributed by atoms with Gasteiger partial charge < -0.3 is 15.3 Å². The predicted octanol–water partition coefficient (Wildman–Crippen LogP) is -0.00160. The topological polar surface area (TPSA) is 69.6 Å². The minimum Gasteiger partial charge on any atom is -0.394 e. The summed E-state index contributed by atoms with van der Waals surface area (Å²) < 4.78 is 23.2. The first kappa shape index (κ1) is 14.8. The van der Waals surface area contributed by atoms with Crippen LogP contribution in [-0.2, 0) is 9.84 Å². The van der Waals surface area contributed by atoms with Crippen molar-refractivity contribution in [2.45, 2.75) is 49.7 Å². The Morgan fingerprint density at radius 2 is 1.95 bits per heavy atom. The lowest BCUT2D eigenvalue weighted by atomic mass is 9.92. The van der Waals surface area contributed by atoms with Crippen LogP contribution in [0.4, 0.5) is 0 Å². The molecule has 0 bridgehead atoms. The molecule has 3 rings (SSSR count). The molecular formula is C14H26N2O3S. The molecule has 2 unspecified atom stereocenters. The summed E-state index contributed by atoms with van der Waals surface area (Å²) >= 11 is 0. The van der Waals surface area contributed by atoms with Gasteiger partial charge in [-0.25, -0.2) is 8.42 Å². The fraction of sp³-hybridized carbons (Fsp3) is 1.00. The van der Waals surface area contributed by atoms with E-state index < -0.39 is 9.84 Å². The highest BCUT2D eigenvalue weighted by molar-refractivity contribution is 7.91. The minimum absolute atomic E-state index is 0.116. The number of rotatable bonds is 7. The van der Waals surface area contributed by atoms with Crippen LogP contribution < -0.4 is 5.32 Å². The van der Waals surface area contributed by atoms with Gasteiger partial charge >= 0.3 is 0 Å². The molecule has 2 N–H and O–H groups in total. The van der Waals surface area contributed by atoms with Gasteiger partial charge in [0.05, 0.1) is 23.7 Å². The number of nitrogens with zero attached hydrogens (tertiary/aromatic N) is 1. The Balaban J connectivity index is 1.66. The Hall–Kier alpha value is -0.170.